The molecule has 0 saturated heterocycles. The highest BCUT2D eigenvalue weighted by Crippen LogP contribution is 2.26. The second-order valence-corrected chi connectivity index (χ2v) is 6.53. The molecule has 2 aromatic rings. The standard InChI is InChI=1S/C14H11ClO4S/c1-19-11-7-8-13(20(15,17)18)12(9-11)14(16)10-5-3-2-4-6-10/h2-9H,1H3. The van der Waals surface area contributed by atoms with E-state index in [1.54, 1.807) is 30.3 Å². The highest BCUT2D eigenvalue weighted by atomic mass is 35.7. The van der Waals surface area contributed by atoms with Gasteiger partial charge >= 0.3 is 0 Å². The Morgan fingerprint density at radius 2 is 1.75 bits per heavy atom. The summed E-state index contributed by atoms with van der Waals surface area (Å²) in [5.41, 5.74) is 0.368. The summed E-state index contributed by atoms with van der Waals surface area (Å²) in [6.45, 7) is 0. The summed E-state index contributed by atoms with van der Waals surface area (Å²) in [7, 11) is 2.79. The van der Waals surface area contributed by atoms with Gasteiger partial charge in [-0.1, -0.05) is 30.3 Å². The molecule has 0 unspecified atom stereocenters. The number of halogens is 1. The number of ether oxygens (including phenoxy) is 1. The van der Waals surface area contributed by atoms with E-state index in [1.807, 2.05) is 0 Å². The van der Waals surface area contributed by atoms with Gasteiger partial charge in [0.05, 0.1) is 12.0 Å². The third kappa shape index (κ3) is 3.00. The predicted molar refractivity (Wildman–Crippen MR) is 75.9 cm³/mol. The molecule has 0 N–H and O–H groups in total. The minimum atomic E-state index is -4.02. The number of benzene rings is 2. The van der Waals surface area contributed by atoms with Crippen LogP contribution in [0, 0.1) is 0 Å². The third-order valence-electron chi connectivity index (χ3n) is 2.73. The van der Waals surface area contributed by atoms with Crippen molar-refractivity contribution in [1.82, 2.24) is 0 Å². The van der Waals surface area contributed by atoms with Crippen LogP contribution in [-0.4, -0.2) is 21.3 Å². The zero-order chi connectivity index (χ0) is 14.8. The Morgan fingerprint density at radius 1 is 1.10 bits per heavy atom. The average Bonchev–Trinajstić information content (AvgIpc) is 2.45. The minimum Gasteiger partial charge on any atom is -0.497 e. The van der Waals surface area contributed by atoms with Gasteiger partial charge in [0, 0.05) is 21.8 Å². The zero-order valence-electron chi connectivity index (χ0n) is 10.5. The number of methoxy groups -OCH3 is 1. The predicted octanol–water partition coefficient (Wildman–Crippen LogP) is 2.85. The van der Waals surface area contributed by atoms with Gasteiger partial charge in [-0.3, -0.25) is 4.79 Å². The van der Waals surface area contributed by atoms with Crippen LogP contribution in [0.1, 0.15) is 15.9 Å². The third-order valence-corrected chi connectivity index (χ3v) is 4.11. The molecule has 0 aromatic heterocycles. The van der Waals surface area contributed by atoms with E-state index in [4.69, 9.17) is 15.4 Å². The fourth-order valence-electron chi connectivity index (χ4n) is 1.77. The van der Waals surface area contributed by atoms with Gasteiger partial charge < -0.3 is 4.74 Å². The first kappa shape index (κ1) is 14.6. The Hall–Kier alpha value is -1.85. The number of ketones is 1. The van der Waals surface area contributed by atoms with Gasteiger partial charge in [-0.05, 0) is 18.2 Å². The van der Waals surface area contributed by atoms with Crippen LogP contribution in [0.5, 0.6) is 5.75 Å². The van der Waals surface area contributed by atoms with Gasteiger partial charge in [-0.15, -0.1) is 0 Å². The van der Waals surface area contributed by atoms with Crippen LogP contribution in [0.4, 0.5) is 0 Å². The van der Waals surface area contributed by atoms with E-state index in [1.165, 1.54) is 25.3 Å². The molecule has 0 aliphatic carbocycles. The Kier molecular flexibility index (Phi) is 4.11. The Morgan fingerprint density at radius 3 is 2.30 bits per heavy atom. The maximum absolute atomic E-state index is 12.4. The lowest BCUT2D eigenvalue weighted by Crippen LogP contribution is -2.07. The van der Waals surface area contributed by atoms with Crippen molar-refractivity contribution in [1.29, 1.82) is 0 Å². The zero-order valence-corrected chi connectivity index (χ0v) is 12.1. The monoisotopic (exact) mass is 310 g/mol. The van der Waals surface area contributed by atoms with Crippen molar-refractivity contribution in [3.05, 3.63) is 59.7 Å². The van der Waals surface area contributed by atoms with E-state index in [0.717, 1.165) is 0 Å². The maximum Gasteiger partial charge on any atom is 0.262 e. The topological polar surface area (TPSA) is 60.4 Å². The SMILES string of the molecule is COc1ccc(S(=O)(=O)Cl)c(C(=O)c2ccccc2)c1. The molecule has 0 spiro atoms. The van der Waals surface area contributed by atoms with Crippen LogP contribution >= 0.6 is 10.7 Å². The molecule has 104 valence electrons. The first-order chi connectivity index (χ1) is 9.43. The van der Waals surface area contributed by atoms with E-state index in [2.05, 4.69) is 0 Å². The Bertz CT molecular complexity index is 739. The number of hydrogen-bond donors (Lipinski definition) is 0. The molecule has 0 radical (unpaired) electrons. The molecule has 0 saturated carbocycles. The maximum atomic E-state index is 12.4. The van der Waals surface area contributed by atoms with E-state index in [0.29, 0.717) is 11.3 Å². The molecule has 0 amide bonds. The second kappa shape index (κ2) is 5.64. The molecule has 6 heteroatoms. The van der Waals surface area contributed by atoms with Gasteiger partial charge in [-0.25, -0.2) is 8.42 Å². The van der Waals surface area contributed by atoms with Gasteiger partial charge in [0.1, 0.15) is 5.75 Å². The Balaban J connectivity index is 2.62. The first-order valence-electron chi connectivity index (χ1n) is 5.66. The van der Waals surface area contributed by atoms with Gasteiger partial charge in [0.15, 0.2) is 5.78 Å². The highest BCUT2D eigenvalue weighted by molar-refractivity contribution is 8.13. The molecule has 0 aliphatic heterocycles. The molecule has 0 fully saturated rings. The summed E-state index contributed by atoms with van der Waals surface area (Å²) in [6, 6.07) is 12.4. The van der Waals surface area contributed by atoms with Crippen LogP contribution in [0.3, 0.4) is 0 Å². The fraction of sp³-hybridized carbons (Fsp3) is 0.0714. The summed E-state index contributed by atoms with van der Waals surface area (Å²) >= 11 is 0. The average molecular weight is 311 g/mol. The lowest BCUT2D eigenvalue weighted by molar-refractivity contribution is 0.103. The summed E-state index contributed by atoms with van der Waals surface area (Å²) in [6.07, 6.45) is 0. The molecule has 0 heterocycles. The molecule has 0 atom stereocenters. The summed E-state index contributed by atoms with van der Waals surface area (Å²) < 4.78 is 28.1. The molecule has 2 rings (SSSR count). The minimum absolute atomic E-state index is 0.00875. The number of hydrogen-bond acceptors (Lipinski definition) is 4. The Labute approximate surface area is 121 Å². The largest absolute Gasteiger partial charge is 0.497 e. The van der Waals surface area contributed by atoms with Crippen LogP contribution in [-0.2, 0) is 9.05 Å². The van der Waals surface area contributed by atoms with Crippen molar-refractivity contribution in [2.75, 3.05) is 7.11 Å². The van der Waals surface area contributed by atoms with Gasteiger partial charge in [0.25, 0.3) is 9.05 Å². The van der Waals surface area contributed by atoms with Crippen molar-refractivity contribution in [3.63, 3.8) is 0 Å². The molecule has 20 heavy (non-hydrogen) atoms. The van der Waals surface area contributed by atoms with Crippen molar-refractivity contribution in [2.24, 2.45) is 0 Å². The van der Waals surface area contributed by atoms with Gasteiger partial charge in [-0.2, -0.15) is 0 Å². The van der Waals surface area contributed by atoms with E-state index >= 15 is 0 Å². The van der Waals surface area contributed by atoms with Gasteiger partial charge in [0.2, 0.25) is 0 Å². The van der Waals surface area contributed by atoms with Crippen molar-refractivity contribution < 1.29 is 17.9 Å². The molecule has 2 aromatic carbocycles. The molecular formula is C14H11ClO4S. The summed E-state index contributed by atoms with van der Waals surface area (Å²) in [5.74, 6) is -0.0444. The second-order valence-electron chi connectivity index (χ2n) is 4.00. The molecule has 4 nitrogen and oxygen atoms in total. The number of rotatable bonds is 4. The molecular weight excluding hydrogens is 300 g/mol. The highest BCUT2D eigenvalue weighted by Gasteiger charge is 2.22. The fourth-order valence-corrected chi connectivity index (χ4v) is 2.82. The summed E-state index contributed by atoms with van der Waals surface area (Å²) in [4.78, 5) is 12.2. The lowest BCUT2D eigenvalue weighted by atomic mass is 10.0. The van der Waals surface area contributed by atoms with Crippen molar-refractivity contribution >= 4 is 25.5 Å². The quantitative estimate of drug-likeness (QED) is 0.643. The van der Waals surface area contributed by atoms with Crippen molar-refractivity contribution in [3.8, 4) is 5.75 Å². The molecule has 0 bridgehead atoms. The summed E-state index contributed by atoms with van der Waals surface area (Å²) in [5, 5.41) is 0. The molecule has 0 aliphatic rings. The van der Waals surface area contributed by atoms with E-state index in [9.17, 15) is 13.2 Å². The lowest BCUT2D eigenvalue weighted by Gasteiger charge is -2.08. The van der Waals surface area contributed by atoms with Crippen LogP contribution in [0.2, 0.25) is 0 Å². The normalized spacial score (nSPS) is 11.1. The van der Waals surface area contributed by atoms with E-state index < -0.39 is 14.8 Å². The number of carbonyl (C=O) groups excluding carboxylic acids is 1. The number of carbonyl (C=O) groups is 1. The van der Waals surface area contributed by atoms with Crippen molar-refractivity contribution in [2.45, 2.75) is 4.90 Å². The van der Waals surface area contributed by atoms with E-state index in [-0.39, 0.29) is 10.5 Å². The smallest absolute Gasteiger partial charge is 0.262 e. The van der Waals surface area contributed by atoms with Crippen LogP contribution < -0.4 is 4.74 Å². The first-order valence-corrected chi connectivity index (χ1v) is 7.97. The van der Waals surface area contributed by atoms with Crippen LogP contribution in [0.25, 0.3) is 0 Å². The van der Waals surface area contributed by atoms with Crippen LogP contribution in [0.15, 0.2) is 53.4 Å².